The summed E-state index contributed by atoms with van der Waals surface area (Å²) in [5.41, 5.74) is 0. The van der Waals surface area contributed by atoms with Crippen LogP contribution in [-0.2, 0) is 6.54 Å². The van der Waals surface area contributed by atoms with Crippen molar-refractivity contribution in [3.05, 3.63) is 28.6 Å². The van der Waals surface area contributed by atoms with Crippen LogP contribution in [-0.4, -0.2) is 47.3 Å². The minimum Gasteiger partial charge on any atom is -0.390 e. The van der Waals surface area contributed by atoms with Crippen molar-refractivity contribution < 1.29 is 5.11 Å². The summed E-state index contributed by atoms with van der Waals surface area (Å²) in [5, 5.41) is 16.5. The van der Waals surface area contributed by atoms with E-state index in [-0.39, 0.29) is 6.10 Å². The Morgan fingerprint density at radius 3 is 3.00 bits per heavy atom. The quantitative estimate of drug-likeness (QED) is 0.821. The van der Waals surface area contributed by atoms with Gasteiger partial charge in [-0.3, -0.25) is 0 Å². The highest BCUT2D eigenvalue weighted by Gasteiger charge is 2.15. The molecule has 1 aliphatic rings. The first-order chi connectivity index (χ1) is 10.3. The first-order valence-corrected chi connectivity index (χ1v) is 9.10. The van der Waals surface area contributed by atoms with Gasteiger partial charge in [-0.2, -0.15) is 0 Å². The number of thiophene rings is 1. The molecule has 1 saturated heterocycles. The topological polar surface area (TPSA) is 48.4 Å². The summed E-state index contributed by atoms with van der Waals surface area (Å²) in [5.74, 6) is 0. The zero-order valence-corrected chi connectivity index (χ0v) is 13.6. The molecule has 2 aromatic heterocycles. The van der Waals surface area contributed by atoms with E-state index >= 15 is 0 Å². The number of likely N-dealkylation sites (tertiary alicyclic amines) is 1. The number of nitrogens with one attached hydrogen (secondary N) is 1. The first kappa shape index (κ1) is 15.1. The second kappa shape index (κ2) is 7.47. The van der Waals surface area contributed by atoms with Gasteiger partial charge in [0, 0.05) is 30.7 Å². The Bertz CT molecular complexity index is 535. The van der Waals surface area contributed by atoms with Crippen LogP contribution < -0.4 is 5.32 Å². The first-order valence-electron chi connectivity index (χ1n) is 7.41. The molecule has 1 atom stereocenters. The van der Waals surface area contributed by atoms with Crippen LogP contribution >= 0.6 is 22.7 Å². The number of hydrogen-bond donors (Lipinski definition) is 2. The number of aromatic nitrogens is 1. The minimum atomic E-state index is -0.284. The zero-order chi connectivity index (χ0) is 14.5. The highest BCUT2D eigenvalue weighted by molar-refractivity contribution is 7.20. The fourth-order valence-corrected chi connectivity index (χ4v) is 4.28. The van der Waals surface area contributed by atoms with E-state index in [1.165, 1.54) is 22.6 Å². The molecule has 1 unspecified atom stereocenters. The number of hydrogen-bond acceptors (Lipinski definition) is 6. The maximum atomic E-state index is 10.0. The largest absolute Gasteiger partial charge is 0.390 e. The van der Waals surface area contributed by atoms with Gasteiger partial charge in [0.05, 0.1) is 11.0 Å². The number of aliphatic hydroxyl groups excluding tert-OH is 1. The summed E-state index contributed by atoms with van der Waals surface area (Å²) >= 11 is 3.44. The number of nitrogens with zero attached hydrogens (tertiary/aromatic N) is 2. The standard InChI is InChI=1S/C15H21N3OS2/c19-12(11-18-5-1-2-6-18)8-16-9-13-10-17-15(21-13)14-4-3-7-20-14/h3-4,7,10,12,16,19H,1-2,5-6,8-9,11H2. The van der Waals surface area contributed by atoms with Gasteiger partial charge >= 0.3 is 0 Å². The molecule has 114 valence electrons. The van der Waals surface area contributed by atoms with Crippen LogP contribution in [0.4, 0.5) is 0 Å². The van der Waals surface area contributed by atoms with Gasteiger partial charge in [-0.15, -0.1) is 22.7 Å². The number of aliphatic hydroxyl groups is 1. The van der Waals surface area contributed by atoms with E-state index in [1.807, 2.05) is 12.3 Å². The van der Waals surface area contributed by atoms with Crippen molar-refractivity contribution in [2.24, 2.45) is 0 Å². The molecule has 3 heterocycles. The summed E-state index contributed by atoms with van der Waals surface area (Å²) in [4.78, 5) is 9.24. The molecule has 1 aliphatic heterocycles. The van der Waals surface area contributed by atoms with Gasteiger partial charge in [0.25, 0.3) is 0 Å². The molecule has 0 saturated carbocycles. The normalized spacial score (nSPS) is 17.4. The molecule has 0 bridgehead atoms. The van der Waals surface area contributed by atoms with Crippen molar-refractivity contribution in [2.45, 2.75) is 25.5 Å². The van der Waals surface area contributed by atoms with Crippen molar-refractivity contribution >= 4 is 22.7 Å². The number of rotatable bonds is 7. The van der Waals surface area contributed by atoms with E-state index < -0.39 is 0 Å². The third-order valence-electron chi connectivity index (χ3n) is 3.63. The Morgan fingerprint density at radius 1 is 1.38 bits per heavy atom. The van der Waals surface area contributed by atoms with Gasteiger partial charge in [0.2, 0.25) is 0 Å². The maximum absolute atomic E-state index is 10.0. The summed E-state index contributed by atoms with van der Waals surface area (Å²) < 4.78 is 0. The van der Waals surface area contributed by atoms with Crippen molar-refractivity contribution in [3.63, 3.8) is 0 Å². The van der Waals surface area contributed by atoms with Crippen LogP contribution in [0.3, 0.4) is 0 Å². The Balaban J connectivity index is 1.41. The predicted octanol–water partition coefficient (Wildman–Crippen LogP) is 2.42. The average molecular weight is 323 g/mol. The fraction of sp³-hybridized carbons (Fsp3) is 0.533. The maximum Gasteiger partial charge on any atom is 0.133 e. The van der Waals surface area contributed by atoms with Gasteiger partial charge in [-0.1, -0.05) is 6.07 Å². The summed E-state index contributed by atoms with van der Waals surface area (Å²) in [7, 11) is 0. The highest BCUT2D eigenvalue weighted by Crippen LogP contribution is 2.28. The predicted molar refractivity (Wildman–Crippen MR) is 88.8 cm³/mol. The van der Waals surface area contributed by atoms with Crippen LogP contribution in [0.25, 0.3) is 9.88 Å². The smallest absolute Gasteiger partial charge is 0.133 e. The molecule has 0 aromatic carbocycles. The molecular formula is C15H21N3OS2. The van der Waals surface area contributed by atoms with E-state index in [0.29, 0.717) is 6.54 Å². The van der Waals surface area contributed by atoms with Gasteiger partial charge in [0.1, 0.15) is 5.01 Å². The SMILES string of the molecule is OC(CNCc1cnc(-c2cccs2)s1)CN1CCCC1. The average Bonchev–Trinajstić information content (AvgIpc) is 3.21. The minimum absolute atomic E-state index is 0.284. The lowest BCUT2D eigenvalue weighted by atomic mass is 10.3. The summed E-state index contributed by atoms with van der Waals surface area (Å²) in [6.45, 7) is 4.48. The molecule has 4 nitrogen and oxygen atoms in total. The van der Waals surface area contributed by atoms with Crippen molar-refractivity contribution in [3.8, 4) is 9.88 Å². The second-order valence-electron chi connectivity index (χ2n) is 5.40. The molecule has 0 amide bonds. The van der Waals surface area contributed by atoms with Gasteiger partial charge in [-0.25, -0.2) is 4.98 Å². The van der Waals surface area contributed by atoms with Crippen LogP contribution in [0.5, 0.6) is 0 Å². The molecule has 2 aromatic rings. The highest BCUT2D eigenvalue weighted by atomic mass is 32.1. The van der Waals surface area contributed by atoms with E-state index in [1.54, 1.807) is 22.7 Å². The number of β-amino-alcohol motifs (C(OH)–C–C–N with tert-alkyl or cyclic N) is 1. The Hall–Kier alpha value is -0.790. The molecular weight excluding hydrogens is 302 g/mol. The fourth-order valence-electron chi connectivity index (χ4n) is 2.59. The van der Waals surface area contributed by atoms with Gasteiger partial charge < -0.3 is 15.3 Å². The van der Waals surface area contributed by atoms with Crippen molar-refractivity contribution in [1.82, 2.24) is 15.2 Å². The monoisotopic (exact) mass is 323 g/mol. The van der Waals surface area contributed by atoms with Crippen molar-refractivity contribution in [2.75, 3.05) is 26.2 Å². The van der Waals surface area contributed by atoms with E-state index in [4.69, 9.17) is 0 Å². The van der Waals surface area contributed by atoms with Crippen molar-refractivity contribution in [1.29, 1.82) is 0 Å². The van der Waals surface area contributed by atoms with Crippen LogP contribution in [0.2, 0.25) is 0 Å². The Kier molecular flexibility index (Phi) is 5.38. The van der Waals surface area contributed by atoms with Crippen LogP contribution in [0.15, 0.2) is 23.7 Å². The summed E-state index contributed by atoms with van der Waals surface area (Å²) in [6.07, 6.45) is 4.19. The van der Waals surface area contributed by atoms with E-state index in [2.05, 4.69) is 26.6 Å². The molecule has 0 spiro atoms. The molecule has 6 heteroatoms. The third kappa shape index (κ3) is 4.34. The molecule has 2 N–H and O–H groups in total. The third-order valence-corrected chi connectivity index (χ3v) is 5.67. The van der Waals surface area contributed by atoms with Gasteiger partial charge in [0.15, 0.2) is 0 Å². The van der Waals surface area contributed by atoms with Gasteiger partial charge in [-0.05, 0) is 37.4 Å². The second-order valence-corrected chi connectivity index (χ2v) is 7.46. The molecule has 0 radical (unpaired) electrons. The van der Waals surface area contributed by atoms with E-state index in [9.17, 15) is 5.11 Å². The lowest BCUT2D eigenvalue weighted by molar-refractivity contribution is 0.123. The lowest BCUT2D eigenvalue weighted by Gasteiger charge is -2.19. The van der Waals surface area contributed by atoms with Crippen LogP contribution in [0.1, 0.15) is 17.7 Å². The molecule has 1 fully saturated rings. The van der Waals surface area contributed by atoms with E-state index in [0.717, 1.165) is 31.2 Å². The molecule has 0 aliphatic carbocycles. The summed E-state index contributed by atoms with van der Waals surface area (Å²) in [6, 6.07) is 4.15. The Morgan fingerprint density at radius 2 is 2.24 bits per heavy atom. The van der Waals surface area contributed by atoms with Crippen LogP contribution in [0, 0.1) is 0 Å². The number of thiazole rings is 1. The Labute approximate surface area is 133 Å². The molecule has 3 rings (SSSR count). The molecule has 21 heavy (non-hydrogen) atoms. The zero-order valence-electron chi connectivity index (χ0n) is 12.0. The lowest BCUT2D eigenvalue weighted by Crippen LogP contribution is -2.36.